The van der Waals surface area contributed by atoms with E-state index in [2.05, 4.69) is 4.74 Å². The van der Waals surface area contributed by atoms with Gasteiger partial charge in [0.05, 0.1) is 18.2 Å². The van der Waals surface area contributed by atoms with Crippen molar-refractivity contribution in [2.45, 2.75) is 23.9 Å². The van der Waals surface area contributed by atoms with Crippen LogP contribution in [0.4, 0.5) is 4.79 Å². The second-order valence-electron chi connectivity index (χ2n) is 6.26. The quantitative estimate of drug-likeness (QED) is 0.388. The molecule has 1 saturated heterocycles. The number of hydrogen-bond acceptors (Lipinski definition) is 8. The molecule has 1 unspecified atom stereocenters. The van der Waals surface area contributed by atoms with Gasteiger partial charge in [-0.1, -0.05) is 48.0 Å². The van der Waals surface area contributed by atoms with Crippen molar-refractivity contribution in [3.05, 3.63) is 71.8 Å². The maximum absolute atomic E-state index is 12.6. The first-order valence-corrected chi connectivity index (χ1v) is 9.45. The molecule has 1 aliphatic heterocycles. The van der Waals surface area contributed by atoms with Gasteiger partial charge in [-0.3, -0.25) is 0 Å². The number of methoxy groups -OCH3 is 1. The fourth-order valence-corrected chi connectivity index (χ4v) is 3.15. The molecule has 30 heavy (non-hydrogen) atoms. The molecule has 2 aromatic rings. The van der Waals surface area contributed by atoms with Crippen LogP contribution in [0.5, 0.6) is 0 Å². The number of carbonyl (C=O) groups is 3. The van der Waals surface area contributed by atoms with Gasteiger partial charge in [-0.05, 0) is 24.3 Å². The first kappa shape index (κ1) is 21.6. The lowest BCUT2D eigenvalue weighted by Crippen LogP contribution is -2.41. The van der Waals surface area contributed by atoms with Crippen LogP contribution in [0.1, 0.15) is 20.7 Å². The van der Waals surface area contributed by atoms with Crippen LogP contribution in [-0.2, 0) is 23.7 Å². The zero-order valence-electron chi connectivity index (χ0n) is 15.9. The summed E-state index contributed by atoms with van der Waals surface area (Å²) in [4.78, 5) is 36.4. The first-order chi connectivity index (χ1) is 14.5. The molecule has 1 fully saturated rings. The molecule has 0 saturated carbocycles. The Balaban J connectivity index is 1.78. The predicted octanol–water partition coefficient (Wildman–Crippen LogP) is 3.18. The van der Waals surface area contributed by atoms with E-state index in [1.54, 1.807) is 60.7 Å². The number of esters is 2. The van der Waals surface area contributed by atoms with Gasteiger partial charge < -0.3 is 23.7 Å². The van der Waals surface area contributed by atoms with Gasteiger partial charge in [-0.15, -0.1) is 0 Å². The van der Waals surface area contributed by atoms with Gasteiger partial charge in [-0.25, -0.2) is 14.4 Å². The SMILES string of the molecule is COC(=O)OC[C@H]1OC(Cl)[C@H](OC(=O)c2ccccc2)[C@@H]1OC(=O)c1ccccc1. The van der Waals surface area contributed by atoms with Crippen molar-refractivity contribution in [2.75, 3.05) is 13.7 Å². The molecule has 0 aromatic heterocycles. The van der Waals surface area contributed by atoms with Crippen LogP contribution in [0.3, 0.4) is 0 Å². The molecule has 0 amide bonds. The Labute approximate surface area is 177 Å². The number of benzene rings is 2. The van der Waals surface area contributed by atoms with E-state index < -0.39 is 42.0 Å². The van der Waals surface area contributed by atoms with E-state index in [1.165, 1.54) is 0 Å². The molecular formula is C21H19ClO8. The average Bonchev–Trinajstić information content (AvgIpc) is 3.07. The minimum atomic E-state index is -1.13. The minimum absolute atomic E-state index is 0.288. The molecule has 0 radical (unpaired) electrons. The highest BCUT2D eigenvalue weighted by molar-refractivity contribution is 6.20. The zero-order chi connectivity index (χ0) is 21.5. The molecule has 1 heterocycles. The summed E-state index contributed by atoms with van der Waals surface area (Å²) in [6.07, 6.45) is -4.15. The third-order valence-electron chi connectivity index (χ3n) is 4.29. The van der Waals surface area contributed by atoms with E-state index in [0.717, 1.165) is 7.11 Å². The van der Waals surface area contributed by atoms with Gasteiger partial charge in [-0.2, -0.15) is 0 Å². The first-order valence-electron chi connectivity index (χ1n) is 9.02. The van der Waals surface area contributed by atoms with Crippen molar-refractivity contribution < 1.29 is 38.1 Å². The predicted molar refractivity (Wildman–Crippen MR) is 104 cm³/mol. The summed E-state index contributed by atoms with van der Waals surface area (Å²) in [6.45, 7) is -0.317. The van der Waals surface area contributed by atoms with E-state index in [-0.39, 0.29) is 12.2 Å². The lowest BCUT2D eigenvalue weighted by Gasteiger charge is -2.23. The minimum Gasteiger partial charge on any atom is -0.452 e. The molecule has 9 heteroatoms. The summed E-state index contributed by atoms with van der Waals surface area (Å²) in [5.41, 5.74) is -0.544. The summed E-state index contributed by atoms with van der Waals surface area (Å²) < 4.78 is 25.9. The van der Waals surface area contributed by atoms with Crippen LogP contribution in [0.25, 0.3) is 0 Å². The molecule has 3 rings (SSSR count). The maximum atomic E-state index is 12.6. The molecule has 158 valence electrons. The van der Waals surface area contributed by atoms with E-state index >= 15 is 0 Å². The van der Waals surface area contributed by atoms with Crippen molar-refractivity contribution in [3.63, 3.8) is 0 Å². The fourth-order valence-electron chi connectivity index (χ4n) is 2.82. The molecular weight excluding hydrogens is 416 g/mol. The topological polar surface area (TPSA) is 97.4 Å². The lowest BCUT2D eigenvalue weighted by atomic mass is 10.1. The molecule has 0 aliphatic carbocycles. The van der Waals surface area contributed by atoms with Crippen molar-refractivity contribution in [1.82, 2.24) is 0 Å². The summed E-state index contributed by atoms with van der Waals surface area (Å²) in [5, 5.41) is 0. The number of halogens is 1. The van der Waals surface area contributed by atoms with Gasteiger partial charge in [0.1, 0.15) is 12.7 Å². The second kappa shape index (κ2) is 10.1. The van der Waals surface area contributed by atoms with Gasteiger partial charge in [0.15, 0.2) is 17.8 Å². The molecule has 2 aromatic carbocycles. The Kier molecular flexibility index (Phi) is 7.26. The molecule has 0 N–H and O–H groups in total. The third kappa shape index (κ3) is 5.28. The van der Waals surface area contributed by atoms with Gasteiger partial charge in [0.2, 0.25) is 0 Å². The van der Waals surface area contributed by atoms with Crippen LogP contribution >= 0.6 is 11.6 Å². The highest BCUT2D eigenvalue weighted by atomic mass is 35.5. The zero-order valence-corrected chi connectivity index (χ0v) is 16.7. The van der Waals surface area contributed by atoms with Crippen LogP contribution in [0.2, 0.25) is 0 Å². The summed E-state index contributed by atoms with van der Waals surface area (Å²) in [5.74, 6) is -1.33. The number of ether oxygens (including phenoxy) is 5. The molecule has 4 atom stereocenters. The van der Waals surface area contributed by atoms with Crippen LogP contribution in [0.15, 0.2) is 60.7 Å². The van der Waals surface area contributed by atoms with E-state index in [9.17, 15) is 14.4 Å². The Bertz CT molecular complexity index is 873. The Morgan fingerprint density at radius 3 is 1.87 bits per heavy atom. The molecule has 0 bridgehead atoms. The number of alkyl halides is 1. The fraction of sp³-hybridized carbons (Fsp3) is 0.286. The molecule has 0 spiro atoms. The maximum Gasteiger partial charge on any atom is 0.508 e. The van der Waals surface area contributed by atoms with Gasteiger partial charge in [0.25, 0.3) is 0 Å². The van der Waals surface area contributed by atoms with E-state index in [4.69, 9.17) is 30.5 Å². The monoisotopic (exact) mass is 434 g/mol. The normalized spacial score (nSPS) is 22.7. The largest absolute Gasteiger partial charge is 0.508 e. The Morgan fingerprint density at radius 2 is 1.37 bits per heavy atom. The summed E-state index contributed by atoms with van der Waals surface area (Å²) in [7, 11) is 1.15. The molecule has 1 aliphatic rings. The van der Waals surface area contributed by atoms with Crippen molar-refractivity contribution >= 4 is 29.7 Å². The van der Waals surface area contributed by atoms with E-state index in [1.807, 2.05) is 0 Å². The third-order valence-corrected chi connectivity index (χ3v) is 4.64. The van der Waals surface area contributed by atoms with Gasteiger partial charge >= 0.3 is 18.1 Å². The standard InChI is InChI=1S/C21H19ClO8/c1-26-21(25)27-12-15-16(29-19(23)13-8-4-2-5-9-13)17(18(22)28-15)30-20(24)14-10-6-3-7-11-14/h2-11,15-18H,12H2,1H3/t15-,16-,17-,18?/m1/s1. The van der Waals surface area contributed by atoms with Crippen LogP contribution in [-0.4, -0.2) is 55.7 Å². The highest BCUT2D eigenvalue weighted by Gasteiger charge is 2.49. The molecule has 8 nitrogen and oxygen atoms in total. The summed E-state index contributed by atoms with van der Waals surface area (Å²) in [6, 6.07) is 16.5. The number of carbonyl (C=O) groups excluding carboxylic acids is 3. The second-order valence-corrected chi connectivity index (χ2v) is 6.69. The lowest BCUT2D eigenvalue weighted by molar-refractivity contribution is -0.0459. The van der Waals surface area contributed by atoms with E-state index in [0.29, 0.717) is 5.56 Å². The van der Waals surface area contributed by atoms with Crippen molar-refractivity contribution in [1.29, 1.82) is 0 Å². The smallest absolute Gasteiger partial charge is 0.452 e. The summed E-state index contributed by atoms with van der Waals surface area (Å²) >= 11 is 6.22. The highest BCUT2D eigenvalue weighted by Crippen LogP contribution is 2.31. The van der Waals surface area contributed by atoms with Crippen molar-refractivity contribution in [2.24, 2.45) is 0 Å². The van der Waals surface area contributed by atoms with Crippen LogP contribution < -0.4 is 0 Å². The Hall–Kier alpha value is -3.10. The number of hydrogen-bond donors (Lipinski definition) is 0. The van der Waals surface area contributed by atoms with Crippen molar-refractivity contribution in [3.8, 4) is 0 Å². The van der Waals surface area contributed by atoms with Crippen LogP contribution in [0, 0.1) is 0 Å². The number of rotatable bonds is 6. The Morgan fingerprint density at radius 1 is 0.867 bits per heavy atom. The van der Waals surface area contributed by atoms with Gasteiger partial charge in [0, 0.05) is 0 Å². The average molecular weight is 435 g/mol.